The molecule has 5 rings (SSSR count). The third-order valence-electron chi connectivity index (χ3n) is 6.44. The van der Waals surface area contributed by atoms with E-state index in [1.54, 1.807) is 54.9 Å². The van der Waals surface area contributed by atoms with Crippen molar-refractivity contribution in [3.8, 4) is 17.2 Å². The molecule has 8 heteroatoms. The van der Waals surface area contributed by atoms with Gasteiger partial charge in [0, 0.05) is 35.3 Å². The summed E-state index contributed by atoms with van der Waals surface area (Å²) in [6, 6.07) is 12.9. The van der Waals surface area contributed by atoms with E-state index in [1.165, 1.54) is 4.90 Å². The van der Waals surface area contributed by atoms with Gasteiger partial charge in [-0.1, -0.05) is 26.8 Å². The summed E-state index contributed by atoms with van der Waals surface area (Å²) in [6.07, 6.45) is 3.20. The van der Waals surface area contributed by atoms with Crippen molar-refractivity contribution >= 4 is 23.1 Å². The summed E-state index contributed by atoms with van der Waals surface area (Å²) < 4.78 is 16.7. The molecule has 8 nitrogen and oxygen atoms in total. The second-order valence-corrected chi connectivity index (χ2v) is 9.89. The molecule has 1 fully saturated rings. The molecule has 2 aliphatic rings. The maximum absolute atomic E-state index is 13.5. The van der Waals surface area contributed by atoms with Gasteiger partial charge in [-0.2, -0.15) is 0 Å². The van der Waals surface area contributed by atoms with E-state index in [1.807, 2.05) is 33.8 Å². The van der Waals surface area contributed by atoms with Crippen molar-refractivity contribution < 1.29 is 28.9 Å². The van der Waals surface area contributed by atoms with Crippen LogP contribution in [0.3, 0.4) is 0 Å². The quantitative estimate of drug-likeness (QED) is 0.295. The molecule has 37 heavy (non-hydrogen) atoms. The van der Waals surface area contributed by atoms with Crippen molar-refractivity contribution in [1.82, 2.24) is 4.98 Å². The van der Waals surface area contributed by atoms with Crippen molar-refractivity contribution in [2.45, 2.75) is 39.2 Å². The zero-order chi connectivity index (χ0) is 26.3. The van der Waals surface area contributed by atoms with Crippen LogP contribution in [0.5, 0.6) is 17.2 Å². The highest BCUT2D eigenvalue weighted by molar-refractivity contribution is 6.51. The molecule has 0 aliphatic carbocycles. The Morgan fingerprint density at radius 3 is 2.59 bits per heavy atom. The highest BCUT2D eigenvalue weighted by Crippen LogP contribution is 2.45. The minimum Gasteiger partial charge on any atom is -0.507 e. The number of ether oxygens (including phenoxy) is 3. The standard InChI is InChI=1S/C29H28N2O6/c1-5-35-21-10-8-17(13-20(21)29(2,3)4)26(32)24-25(18-7-6-12-30-15-18)31(28(34)27(24)33)19-9-11-22-23(14-19)37-16-36-22/h6-15,25,32H,5,16H2,1-4H3/b26-24+. The Balaban J connectivity index is 1.69. The lowest BCUT2D eigenvalue weighted by atomic mass is 9.84. The Morgan fingerprint density at radius 1 is 1.11 bits per heavy atom. The SMILES string of the molecule is CCOc1ccc(/C(O)=C2\C(=O)C(=O)N(c3ccc4c(c3)OCO4)C2c2cccnc2)cc1C(C)(C)C. The maximum Gasteiger partial charge on any atom is 0.300 e. The lowest BCUT2D eigenvalue weighted by Crippen LogP contribution is -2.29. The zero-order valence-electron chi connectivity index (χ0n) is 21.1. The van der Waals surface area contributed by atoms with Crippen molar-refractivity contribution in [2.75, 3.05) is 18.3 Å². The molecule has 1 amide bonds. The van der Waals surface area contributed by atoms with Crippen LogP contribution in [0, 0.1) is 0 Å². The van der Waals surface area contributed by atoms with Gasteiger partial charge in [0.25, 0.3) is 11.7 Å². The minimum absolute atomic E-state index is 0.0142. The molecule has 1 unspecified atom stereocenters. The molecule has 1 N–H and O–H groups in total. The van der Waals surface area contributed by atoms with Crippen LogP contribution in [-0.4, -0.2) is 35.2 Å². The molecule has 2 aromatic carbocycles. The lowest BCUT2D eigenvalue weighted by molar-refractivity contribution is -0.132. The predicted octanol–water partition coefficient (Wildman–Crippen LogP) is 5.13. The first-order chi connectivity index (χ1) is 17.7. The number of ketones is 1. The number of aliphatic hydroxyl groups excluding tert-OH is 1. The maximum atomic E-state index is 13.5. The number of aliphatic hydroxyl groups is 1. The molecule has 2 aliphatic heterocycles. The number of carbonyl (C=O) groups is 2. The number of carbonyl (C=O) groups excluding carboxylic acids is 2. The van der Waals surface area contributed by atoms with Gasteiger partial charge in [-0.25, -0.2) is 0 Å². The molecular weight excluding hydrogens is 472 g/mol. The molecule has 1 atom stereocenters. The number of Topliss-reactive ketones (excluding diaryl/α,β-unsaturated/α-hetero) is 1. The molecule has 1 saturated heterocycles. The Kier molecular flexibility index (Phi) is 6.11. The zero-order valence-corrected chi connectivity index (χ0v) is 21.1. The summed E-state index contributed by atoms with van der Waals surface area (Å²) in [5, 5.41) is 11.5. The number of amides is 1. The first-order valence-corrected chi connectivity index (χ1v) is 12.1. The van der Waals surface area contributed by atoms with Crippen LogP contribution in [0.15, 0.2) is 66.5 Å². The normalized spacial score (nSPS) is 18.4. The summed E-state index contributed by atoms with van der Waals surface area (Å²) in [5.41, 5.74) is 2.03. The van der Waals surface area contributed by atoms with E-state index in [4.69, 9.17) is 14.2 Å². The fourth-order valence-corrected chi connectivity index (χ4v) is 4.69. The molecule has 190 valence electrons. The molecular formula is C29H28N2O6. The van der Waals surface area contributed by atoms with Crippen molar-refractivity contribution in [3.05, 3.63) is 83.2 Å². The van der Waals surface area contributed by atoms with Crippen molar-refractivity contribution in [2.24, 2.45) is 0 Å². The number of nitrogens with zero attached hydrogens (tertiary/aromatic N) is 2. The molecule has 0 spiro atoms. The van der Waals surface area contributed by atoms with Gasteiger partial charge < -0.3 is 19.3 Å². The fraction of sp³-hybridized carbons (Fsp3) is 0.276. The Labute approximate surface area is 215 Å². The number of fused-ring (bicyclic) bond motifs is 1. The first-order valence-electron chi connectivity index (χ1n) is 12.1. The topological polar surface area (TPSA) is 98.2 Å². The van der Waals surface area contributed by atoms with Gasteiger partial charge in [0.15, 0.2) is 11.5 Å². The van der Waals surface area contributed by atoms with E-state index in [0.717, 1.165) is 5.56 Å². The predicted molar refractivity (Wildman–Crippen MR) is 138 cm³/mol. The van der Waals surface area contributed by atoms with Gasteiger partial charge in [0.05, 0.1) is 18.2 Å². The monoisotopic (exact) mass is 500 g/mol. The summed E-state index contributed by atoms with van der Waals surface area (Å²) >= 11 is 0. The van der Waals surface area contributed by atoms with Crippen LogP contribution in [0.4, 0.5) is 5.69 Å². The van der Waals surface area contributed by atoms with Crippen LogP contribution in [0.1, 0.15) is 50.4 Å². The minimum atomic E-state index is -0.890. The largest absolute Gasteiger partial charge is 0.507 e. The number of aromatic nitrogens is 1. The van der Waals surface area contributed by atoms with Crippen molar-refractivity contribution in [1.29, 1.82) is 0 Å². The summed E-state index contributed by atoms with van der Waals surface area (Å²) in [7, 11) is 0. The van der Waals surface area contributed by atoms with E-state index in [2.05, 4.69) is 4.98 Å². The van der Waals surface area contributed by atoms with Gasteiger partial charge in [0.1, 0.15) is 11.5 Å². The van der Waals surface area contributed by atoms with Crippen molar-refractivity contribution in [3.63, 3.8) is 0 Å². The van der Waals surface area contributed by atoms with E-state index < -0.39 is 17.7 Å². The first kappa shape index (κ1) is 24.4. The van der Waals surface area contributed by atoms with E-state index in [-0.39, 0.29) is 23.5 Å². The number of benzene rings is 2. The van der Waals surface area contributed by atoms with Gasteiger partial charge in [-0.15, -0.1) is 0 Å². The Morgan fingerprint density at radius 2 is 1.89 bits per heavy atom. The van der Waals surface area contributed by atoms with Crippen LogP contribution < -0.4 is 19.1 Å². The molecule has 3 heterocycles. The van der Waals surface area contributed by atoms with E-state index >= 15 is 0 Å². The molecule has 0 saturated carbocycles. The summed E-state index contributed by atoms with van der Waals surface area (Å²) in [4.78, 5) is 32.4. The number of hydrogen-bond acceptors (Lipinski definition) is 7. The summed E-state index contributed by atoms with van der Waals surface area (Å²) in [6.45, 7) is 8.62. The molecule has 0 radical (unpaired) electrons. The highest BCUT2D eigenvalue weighted by atomic mass is 16.7. The highest BCUT2D eigenvalue weighted by Gasteiger charge is 2.47. The molecule has 0 bridgehead atoms. The van der Waals surface area contributed by atoms with Crippen LogP contribution in [0.25, 0.3) is 5.76 Å². The number of hydrogen-bond donors (Lipinski definition) is 1. The lowest BCUT2D eigenvalue weighted by Gasteiger charge is -2.26. The average molecular weight is 501 g/mol. The van der Waals surface area contributed by atoms with Crippen LogP contribution >= 0.6 is 0 Å². The van der Waals surface area contributed by atoms with Crippen LogP contribution in [0.2, 0.25) is 0 Å². The third kappa shape index (κ3) is 4.28. The van der Waals surface area contributed by atoms with Gasteiger partial charge in [0.2, 0.25) is 6.79 Å². The van der Waals surface area contributed by atoms with E-state index in [9.17, 15) is 14.7 Å². The van der Waals surface area contributed by atoms with Gasteiger partial charge in [-0.05, 0) is 54.3 Å². The average Bonchev–Trinajstić information content (AvgIpc) is 3.45. The second-order valence-electron chi connectivity index (χ2n) is 9.89. The van der Waals surface area contributed by atoms with E-state index in [0.29, 0.717) is 40.7 Å². The smallest absolute Gasteiger partial charge is 0.300 e. The van der Waals surface area contributed by atoms with Crippen LogP contribution in [-0.2, 0) is 15.0 Å². The van der Waals surface area contributed by atoms with Gasteiger partial charge in [-0.3, -0.25) is 19.5 Å². The second kappa shape index (κ2) is 9.28. The Hall–Kier alpha value is -4.33. The third-order valence-corrected chi connectivity index (χ3v) is 6.44. The fourth-order valence-electron chi connectivity index (χ4n) is 4.69. The number of pyridine rings is 1. The summed E-state index contributed by atoms with van der Waals surface area (Å²) in [5.74, 6) is -0.0559. The van der Waals surface area contributed by atoms with Gasteiger partial charge >= 0.3 is 0 Å². The number of anilines is 1. The molecule has 3 aromatic rings. The molecule has 1 aromatic heterocycles. The Bertz CT molecular complexity index is 1410. The number of rotatable bonds is 5.